The average molecular weight is 263 g/mol. The molecule has 19 heavy (non-hydrogen) atoms. The highest BCUT2D eigenvalue weighted by Crippen LogP contribution is 2.49. The number of aliphatic imine (C=N–C) groups is 1. The van der Waals surface area contributed by atoms with Gasteiger partial charge in [-0.05, 0) is 43.4 Å². The highest BCUT2D eigenvalue weighted by Gasteiger charge is 2.51. The number of rotatable bonds is 1. The Bertz CT molecular complexity index is 381. The Morgan fingerprint density at radius 2 is 1.89 bits per heavy atom. The normalized spacial score (nSPS) is 39.0. The first-order valence-corrected chi connectivity index (χ1v) is 8.01. The quantitative estimate of drug-likeness (QED) is 0.789. The van der Waals surface area contributed by atoms with Crippen molar-refractivity contribution in [2.75, 3.05) is 6.54 Å². The van der Waals surface area contributed by atoms with E-state index in [2.05, 4.69) is 30.7 Å². The predicted molar refractivity (Wildman–Crippen MR) is 80.1 cm³/mol. The SMILES string of the molecule is CC1CC(C)(C)CC2(CN=C(N)N2C2CCCC2)C1. The van der Waals surface area contributed by atoms with E-state index in [1.165, 1.54) is 44.9 Å². The molecule has 1 aliphatic heterocycles. The molecule has 0 radical (unpaired) electrons. The summed E-state index contributed by atoms with van der Waals surface area (Å²) >= 11 is 0. The van der Waals surface area contributed by atoms with Crippen LogP contribution in [0.1, 0.15) is 65.7 Å². The number of guanidine groups is 1. The molecule has 0 aromatic heterocycles. The average Bonchev–Trinajstić information content (AvgIpc) is 2.85. The Hall–Kier alpha value is -0.730. The van der Waals surface area contributed by atoms with Crippen LogP contribution < -0.4 is 5.73 Å². The molecule has 2 aliphatic carbocycles. The van der Waals surface area contributed by atoms with Gasteiger partial charge in [0, 0.05) is 6.04 Å². The largest absolute Gasteiger partial charge is 0.370 e. The fourth-order valence-electron chi connectivity index (χ4n) is 5.36. The lowest BCUT2D eigenvalue weighted by molar-refractivity contribution is 0.0197. The minimum Gasteiger partial charge on any atom is -0.370 e. The summed E-state index contributed by atoms with van der Waals surface area (Å²) < 4.78 is 0. The molecule has 3 nitrogen and oxygen atoms in total. The minimum absolute atomic E-state index is 0.236. The van der Waals surface area contributed by atoms with Crippen molar-refractivity contribution in [3.8, 4) is 0 Å². The third-order valence-electron chi connectivity index (χ3n) is 5.42. The third-order valence-corrected chi connectivity index (χ3v) is 5.42. The summed E-state index contributed by atoms with van der Waals surface area (Å²) in [7, 11) is 0. The van der Waals surface area contributed by atoms with Gasteiger partial charge in [0.15, 0.2) is 5.96 Å². The summed E-state index contributed by atoms with van der Waals surface area (Å²) in [5.74, 6) is 1.62. The molecule has 108 valence electrons. The van der Waals surface area contributed by atoms with Crippen molar-refractivity contribution in [3.05, 3.63) is 0 Å². The van der Waals surface area contributed by atoms with Gasteiger partial charge in [0.25, 0.3) is 0 Å². The highest BCUT2D eigenvalue weighted by molar-refractivity contribution is 5.81. The lowest BCUT2D eigenvalue weighted by Gasteiger charge is -2.52. The molecule has 2 saturated carbocycles. The summed E-state index contributed by atoms with van der Waals surface area (Å²) in [6.45, 7) is 8.19. The fourth-order valence-corrected chi connectivity index (χ4v) is 5.36. The zero-order chi connectivity index (χ0) is 13.7. The monoisotopic (exact) mass is 263 g/mol. The summed E-state index contributed by atoms with van der Waals surface area (Å²) in [6, 6.07) is 0.660. The Kier molecular flexibility index (Phi) is 3.06. The molecule has 3 heteroatoms. The van der Waals surface area contributed by atoms with E-state index < -0.39 is 0 Å². The number of nitrogens with zero attached hydrogens (tertiary/aromatic N) is 2. The van der Waals surface area contributed by atoms with Crippen LogP contribution in [-0.2, 0) is 0 Å². The van der Waals surface area contributed by atoms with Gasteiger partial charge in [-0.1, -0.05) is 33.6 Å². The van der Waals surface area contributed by atoms with Crippen molar-refractivity contribution in [1.82, 2.24) is 4.90 Å². The minimum atomic E-state index is 0.236. The maximum atomic E-state index is 6.27. The smallest absolute Gasteiger partial charge is 0.192 e. The van der Waals surface area contributed by atoms with Crippen LogP contribution in [0.25, 0.3) is 0 Å². The molecule has 2 unspecified atom stereocenters. The van der Waals surface area contributed by atoms with Gasteiger partial charge in [-0.25, -0.2) is 0 Å². The second-order valence-corrected chi connectivity index (χ2v) is 8.06. The van der Waals surface area contributed by atoms with Crippen LogP contribution in [0.5, 0.6) is 0 Å². The van der Waals surface area contributed by atoms with Crippen LogP contribution in [-0.4, -0.2) is 29.0 Å². The van der Waals surface area contributed by atoms with Crippen molar-refractivity contribution in [2.24, 2.45) is 22.1 Å². The molecular formula is C16H29N3. The van der Waals surface area contributed by atoms with Crippen LogP contribution in [0, 0.1) is 11.3 Å². The van der Waals surface area contributed by atoms with E-state index in [9.17, 15) is 0 Å². The van der Waals surface area contributed by atoms with Gasteiger partial charge < -0.3 is 10.6 Å². The molecule has 0 aromatic carbocycles. The lowest BCUT2D eigenvalue weighted by Crippen LogP contribution is -2.59. The van der Waals surface area contributed by atoms with E-state index in [-0.39, 0.29) is 5.54 Å². The van der Waals surface area contributed by atoms with E-state index in [4.69, 9.17) is 5.73 Å². The van der Waals surface area contributed by atoms with Crippen molar-refractivity contribution < 1.29 is 0 Å². The van der Waals surface area contributed by atoms with Crippen molar-refractivity contribution in [1.29, 1.82) is 0 Å². The van der Waals surface area contributed by atoms with Gasteiger partial charge in [-0.3, -0.25) is 4.99 Å². The standard InChI is InChI=1S/C16H29N3/c1-12-8-15(2,3)10-16(9-12)11-18-14(17)19(16)13-6-4-5-7-13/h12-13H,4-11H2,1-3H3,(H2,17,18). The van der Waals surface area contributed by atoms with Gasteiger partial charge in [-0.2, -0.15) is 0 Å². The molecule has 2 N–H and O–H groups in total. The van der Waals surface area contributed by atoms with Crippen LogP contribution >= 0.6 is 0 Å². The first-order chi connectivity index (χ1) is 8.92. The molecule has 3 rings (SSSR count). The highest BCUT2D eigenvalue weighted by atomic mass is 15.4. The van der Waals surface area contributed by atoms with E-state index in [1.54, 1.807) is 0 Å². The lowest BCUT2D eigenvalue weighted by atomic mass is 9.63. The second-order valence-electron chi connectivity index (χ2n) is 8.06. The van der Waals surface area contributed by atoms with E-state index >= 15 is 0 Å². The molecule has 1 spiro atoms. The Morgan fingerprint density at radius 1 is 1.21 bits per heavy atom. The molecule has 2 fully saturated rings. The van der Waals surface area contributed by atoms with Crippen LogP contribution in [0.15, 0.2) is 4.99 Å². The maximum absolute atomic E-state index is 6.27. The Morgan fingerprint density at radius 3 is 2.53 bits per heavy atom. The third kappa shape index (κ3) is 2.25. The van der Waals surface area contributed by atoms with Gasteiger partial charge in [0.1, 0.15) is 0 Å². The van der Waals surface area contributed by atoms with Gasteiger partial charge in [0.05, 0.1) is 12.1 Å². The van der Waals surface area contributed by atoms with E-state index in [0.29, 0.717) is 11.5 Å². The number of nitrogens with two attached hydrogens (primary N) is 1. The summed E-state index contributed by atoms with van der Waals surface area (Å²) in [5.41, 5.74) is 6.94. The van der Waals surface area contributed by atoms with Crippen molar-refractivity contribution in [2.45, 2.75) is 77.3 Å². The van der Waals surface area contributed by atoms with Gasteiger partial charge in [-0.15, -0.1) is 0 Å². The molecular weight excluding hydrogens is 234 g/mol. The molecule has 3 aliphatic rings. The molecule has 0 saturated heterocycles. The summed E-state index contributed by atoms with van der Waals surface area (Å²) in [6.07, 6.45) is 9.22. The Labute approximate surface area is 117 Å². The summed E-state index contributed by atoms with van der Waals surface area (Å²) in [4.78, 5) is 7.21. The van der Waals surface area contributed by atoms with E-state index in [0.717, 1.165) is 18.4 Å². The number of hydrogen-bond acceptors (Lipinski definition) is 3. The zero-order valence-electron chi connectivity index (χ0n) is 12.8. The van der Waals surface area contributed by atoms with Crippen molar-refractivity contribution in [3.63, 3.8) is 0 Å². The van der Waals surface area contributed by atoms with Gasteiger partial charge in [0.2, 0.25) is 0 Å². The van der Waals surface area contributed by atoms with Crippen LogP contribution in [0.3, 0.4) is 0 Å². The molecule has 0 bridgehead atoms. The predicted octanol–water partition coefficient (Wildman–Crippen LogP) is 3.14. The fraction of sp³-hybridized carbons (Fsp3) is 0.938. The topological polar surface area (TPSA) is 41.6 Å². The molecule has 1 heterocycles. The maximum Gasteiger partial charge on any atom is 0.192 e. The first kappa shape index (κ1) is 13.3. The first-order valence-electron chi connectivity index (χ1n) is 8.01. The number of hydrogen-bond donors (Lipinski definition) is 1. The second kappa shape index (κ2) is 4.39. The molecule has 2 atom stereocenters. The molecule has 0 aromatic rings. The molecule has 0 amide bonds. The van der Waals surface area contributed by atoms with Gasteiger partial charge >= 0.3 is 0 Å². The van der Waals surface area contributed by atoms with Crippen molar-refractivity contribution >= 4 is 5.96 Å². The Balaban J connectivity index is 1.89. The van der Waals surface area contributed by atoms with Crippen LogP contribution in [0.2, 0.25) is 0 Å². The van der Waals surface area contributed by atoms with E-state index in [1.807, 2.05) is 0 Å². The summed E-state index contributed by atoms with van der Waals surface area (Å²) in [5, 5.41) is 0. The zero-order valence-corrected chi connectivity index (χ0v) is 12.8. The van der Waals surface area contributed by atoms with Crippen LogP contribution in [0.4, 0.5) is 0 Å².